The third kappa shape index (κ3) is 0.483. The van der Waals surface area contributed by atoms with Gasteiger partial charge < -0.3 is 5.32 Å². The molecule has 2 rings (SSSR count). The van der Waals surface area contributed by atoms with Crippen molar-refractivity contribution in [1.82, 2.24) is 5.32 Å². The number of carbonyl (C=O) groups is 1. The molecule has 9 heavy (non-hydrogen) atoms. The number of amides is 1. The Hall–Kier alpha value is -0.770. The van der Waals surface area contributed by atoms with E-state index in [1.54, 1.807) is 6.21 Å². The van der Waals surface area contributed by atoms with E-state index in [1.807, 2.05) is 0 Å². The highest BCUT2D eigenvalue weighted by Crippen LogP contribution is 2.16. The van der Waals surface area contributed by atoms with Gasteiger partial charge in [0.2, 0.25) is 5.91 Å². The zero-order valence-corrected chi connectivity index (χ0v) is 5.31. The lowest BCUT2D eigenvalue weighted by molar-refractivity contribution is -0.128. The first kappa shape index (κ1) is 5.05. The molecule has 2 aliphatic rings. The van der Waals surface area contributed by atoms with E-state index in [1.165, 1.54) is 0 Å². The van der Waals surface area contributed by atoms with Gasteiger partial charge in [-0.15, -0.1) is 0 Å². The van der Waals surface area contributed by atoms with Gasteiger partial charge in [0.1, 0.15) is 0 Å². The highest BCUT2D eigenvalue weighted by Gasteiger charge is 2.44. The predicted octanol–water partition coefficient (Wildman–Crippen LogP) is -0.692. The lowest BCUT2D eigenvalue weighted by Gasteiger charge is -2.28. The molecule has 3 nitrogen and oxygen atoms in total. The second kappa shape index (κ2) is 1.39. The van der Waals surface area contributed by atoms with Gasteiger partial charge in [0.25, 0.3) is 0 Å². The smallest absolute Gasteiger partial charge is 0.247 e. The number of aliphatic imine (C=N–C) groups is 1. The maximum Gasteiger partial charge on any atom is 0.247 e. The van der Waals surface area contributed by atoms with Crippen molar-refractivity contribution in [1.29, 1.82) is 0 Å². The molecule has 0 saturated carbocycles. The van der Waals surface area contributed by atoms with Crippen LogP contribution in [0.4, 0.5) is 0 Å². The number of β-lactam (4-membered cyclic amide) rings is 1. The molecule has 1 amide bonds. The fourth-order valence-corrected chi connectivity index (χ4v) is 1.24. The van der Waals surface area contributed by atoms with Crippen molar-refractivity contribution in [2.75, 3.05) is 0 Å². The number of nitrogens with one attached hydrogen (secondary N) is 1. The van der Waals surface area contributed by atoms with Gasteiger partial charge in [0, 0.05) is 6.21 Å². The van der Waals surface area contributed by atoms with Gasteiger partial charge in [-0.25, -0.2) is 0 Å². The van der Waals surface area contributed by atoms with Crippen molar-refractivity contribution in [3.63, 3.8) is 0 Å². The number of hydrogen-bond acceptors (Lipinski definition) is 3. The van der Waals surface area contributed by atoms with Crippen LogP contribution < -0.4 is 5.32 Å². The molecular formula is C5H4N2OS. The normalized spacial score (nSPS) is 37.8. The van der Waals surface area contributed by atoms with Crippen LogP contribution in [-0.2, 0) is 4.79 Å². The molecule has 0 aromatic heterocycles. The van der Waals surface area contributed by atoms with E-state index in [4.69, 9.17) is 12.2 Å². The molecule has 4 heteroatoms. The molecule has 2 heterocycles. The molecule has 2 atom stereocenters. The molecule has 46 valence electrons. The van der Waals surface area contributed by atoms with E-state index in [2.05, 4.69) is 10.3 Å². The summed E-state index contributed by atoms with van der Waals surface area (Å²) in [4.78, 5) is 15.2. The summed E-state index contributed by atoms with van der Waals surface area (Å²) in [6, 6.07) is -0.134. The summed E-state index contributed by atoms with van der Waals surface area (Å²) in [5, 5.41) is 2.65. The summed E-state index contributed by atoms with van der Waals surface area (Å²) in [6.07, 6.45) is 1.59. The average molecular weight is 140 g/mol. The number of hydrogen-bond donors (Lipinski definition) is 1. The number of nitrogens with zero attached hydrogens (tertiary/aromatic N) is 1. The second-order valence-electron chi connectivity index (χ2n) is 2.11. The van der Waals surface area contributed by atoms with Crippen LogP contribution in [0.15, 0.2) is 4.99 Å². The Kier molecular flexibility index (Phi) is 0.778. The molecule has 2 aliphatic heterocycles. The molecule has 1 saturated heterocycles. The van der Waals surface area contributed by atoms with Crippen molar-refractivity contribution >= 4 is 29.2 Å². The van der Waals surface area contributed by atoms with Gasteiger partial charge in [0.05, 0.1) is 10.9 Å². The Balaban J connectivity index is 2.29. The first-order chi connectivity index (χ1) is 4.29. The van der Waals surface area contributed by atoms with E-state index >= 15 is 0 Å². The summed E-state index contributed by atoms with van der Waals surface area (Å²) in [5.74, 6) is -0.00361. The SMILES string of the molecule is O=C1NC2C(=S)C=NC12. The summed E-state index contributed by atoms with van der Waals surface area (Å²) >= 11 is 4.86. The first-order valence-corrected chi connectivity index (χ1v) is 3.07. The molecule has 0 bridgehead atoms. The Bertz CT molecular complexity index is 223. The predicted molar refractivity (Wildman–Crippen MR) is 36.8 cm³/mol. The maximum atomic E-state index is 10.6. The van der Waals surface area contributed by atoms with E-state index in [0.717, 1.165) is 4.86 Å². The van der Waals surface area contributed by atoms with Crippen LogP contribution in [0.1, 0.15) is 0 Å². The van der Waals surface area contributed by atoms with Crippen molar-refractivity contribution in [3.8, 4) is 0 Å². The molecule has 1 N–H and O–H groups in total. The molecule has 0 aromatic rings. The molecule has 0 radical (unpaired) electrons. The Morgan fingerprint density at radius 1 is 1.78 bits per heavy atom. The number of carbonyl (C=O) groups excluding carboxylic acids is 1. The van der Waals surface area contributed by atoms with Crippen LogP contribution in [0, 0.1) is 0 Å². The molecular weight excluding hydrogens is 136 g/mol. The molecule has 2 unspecified atom stereocenters. The molecule has 1 fully saturated rings. The van der Waals surface area contributed by atoms with E-state index in [-0.39, 0.29) is 18.0 Å². The van der Waals surface area contributed by atoms with Gasteiger partial charge in [0.15, 0.2) is 6.04 Å². The summed E-state index contributed by atoms with van der Waals surface area (Å²) in [5.41, 5.74) is 0. The third-order valence-corrected chi connectivity index (χ3v) is 1.91. The van der Waals surface area contributed by atoms with Crippen LogP contribution in [0.2, 0.25) is 0 Å². The van der Waals surface area contributed by atoms with Crippen LogP contribution in [0.5, 0.6) is 0 Å². The number of fused-ring (bicyclic) bond motifs is 1. The number of thiocarbonyl (C=S) groups is 1. The van der Waals surface area contributed by atoms with Crippen LogP contribution in [0.3, 0.4) is 0 Å². The van der Waals surface area contributed by atoms with Gasteiger partial charge >= 0.3 is 0 Å². The minimum Gasteiger partial charge on any atom is -0.344 e. The lowest BCUT2D eigenvalue weighted by atomic mass is 10.0. The maximum absolute atomic E-state index is 10.6. The van der Waals surface area contributed by atoms with E-state index in [9.17, 15) is 4.79 Å². The molecule has 0 aliphatic carbocycles. The van der Waals surface area contributed by atoms with Crippen LogP contribution in [0.25, 0.3) is 0 Å². The average Bonchev–Trinajstić information content (AvgIpc) is 2.07. The second-order valence-corrected chi connectivity index (χ2v) is 2.58. The quantitative estimate of drug-likeness (QED) is 0.357. The number of rotatable bonds is 0. The zero-order valence-electron chi connectivity index (χ0n) is 4.50. The zero-order chi connectivity index (χ0) is 6.43. The van der Waals surface area contributed by atoms with E-state index in [0.29, 0.717) is 0 Å². The van der Waals surface area contributed by atoms with E-state index < -0.39 is 0 Å². The Morgan fingerprint density at radius 2 is 2.56 bits per heavy atom. The minimum atomic E-state index is -0.183. The largest absolute Gasteiger partial charge is 0.344 e. The van der Waals surface area contributed by atoms with Crippen molar-refractivity contribution in [2.45, 2.75) is 12.1 Å². The van der Waals surface area contributed by atoms with Gasteiger partial charge in [-0.1, -0.05) is 12.2 Å². The summed E-state index contributed by atoms with van der Waals surface area (Å²) < 4.78 is 0. The topological polar surface area (TPSA) is 41.5 Å². The fraction of sp³-hybridized carbons (Fsp3) is 0.400. The fourth-order valence-electron chi connectivity index (χ4n) is 0.987. The lowest BCUT2D eigenvalue weighted by Crippen LogP contribution is -2.61. The monoisotopic (exact) mass is 140 g/mol. The van der Waals surface area contributed by atoms with Gasteiger partial charge in [-0.05, 0) is 0 Å². The summed E-state index contributed by atoms with van der Waals surface area (Å²) in [6.45, 7) is 0. The van der Waals surface area contributed by atoms with Crippen molar-refractivity contribution in [3.05, 3.63) is 0 Å². The van der Waals surface area contributed by atoms with Gasteiger partial charge in [-0.2, -0.15) is 0 Å². The third-order valence-electron chi connectivity index (χ3n) is 1.55. The summed E-state index contributed by atoms with van der Waals surface area (Å²) in [7, 11) is 0. The minimum absolute atomic E-state index is 0.00361. The molecule has 0 spiro atoms. The highest BCUT2D eigenvalue weighted by molar-refractivity contribution is 7.82. The highest BCUT2D eigenvalue weighted by atomic mass is 32.1. The molecule has 0 aromatic carbocycles. The van der Waals surface area contributed by atoms with Crippen molar-refractivity contribution < 1.29 is 4.79 Å². The van der Waals surface area contributed by atoms with Gasteiger partial charge in [-0.3, -0.25) is 9.79 Å². The first-order valence-electron chi connectivity index (χ1n) is 2.66. The Labute approximate surface area is 57.2 Å². The Morgan fingerprint density at radius 3 is 3.00 bits per heavy atom. The standard InChI is InChI=1S/C5H4N2OS/c8-5-4-3(7-5)2(9)1-6-4/h1,3-4H,(H,7,8). The van der Waals surface area contributed by atoms with Crippen molar-refractivity contribution in [2.24, 2.45) is 4.99 Å². The van der Waals surface area contributed by atoms with Crippen LogP contribution in [-0.4, -0.2) is 29.1 Å². The van der Waals surface area contributed by atoms with Crippen LogP contribution >= 0.6 is 12.2 Å².